The van der Waals surface area contributed by atoms with Gasteiger partial charge in [0.25, 0.3) is 10.0 Å². The van der Waals surface area contributed by atoms with E-state index in [-0.39, 0.29) is 16.3 Å². The number of aromatic nitrogens is 4. The first-order valence-corrected chi connectivity index (χ1v) is 13.7. The van der Waals surface area contributed by atoms with E-state index >= 15 is 4.39 Å². The number of anilines is 1. The van der Waals surface area contributed by atoms with Crippen LogP contribution in [-0.2, 0) is 28.4 Å². The smallest absolute Gasteiger partial charge is 0.264 e. The first-order valence-electron chi connectivity index (χ1n) is 12.2. The molecule has 0 radical (unpaired) electrons. The molecule has 4 rings (SSSR count). The summed E-state index contributed by atoms with van der Waals surface area (Å²) >= 11 is 0. The lowest BCUT2D eigenvalue weighted by Gasteiger charge is -2.20. The Bertz CT molecular complexity index is 1490. The summed E-state index contributed by atoms with van der Waals surface area (Å²) < 4.78 is 46.4. The van der Waals surface area contributed by atoms with Crippen LogP contribution >= 0.6 is 0 Å². The molecular formula is C28H32FN5O2S. The molecule has 0 unspecified atom stereocenters. The standard InChI is InChI=1S/C28H32FN5O2S/c1-19(2)15-20-7-10-25(37(35,36)33-27-31-11-6-12-32-27)23(16-20)21-8-9-22(24(29)17-21)18-34-14-13-30-26(34)28(3,4)5/h6-14,16-17,19H,15,18H2,1-5H3,(H,31,32,33). The van der Waals surface area contributed by atoms with E-state index in [1.165, 1.54) is 18.5 Å². The summed E-state index contributed by atoms with van der Waals surface area (Å²) in [6.45, 7) is 10.7. The molecule has 4 aromatic rings. The lowest BCUT2D eigenvalue weighted by atomic mass is 9.95. The van der Waals surface area contributed by atoms with Crippen molar-refractivity contribution in [1.29, 1.82) is 0 Å². The summed E-state index contributed by atoms with van der Waals surface area (Å²) in [6, 6.07) is 11.6. The number of hydrogen-bond acceptors (Lipinski definition) is 5. The third-order valence-corrected chi connectivity index (χ3v) is 7.25. The highest BCUT2D eigenvalue weighted by Gasteiger charge is 2.23. The Labute approximate surface area is 217 Å². The van der Waals surface area contributed by atoms with Gasteiger partial charge in [0.05, 0.1) is 11.4 Å². The second-order valence-corrected chi connectivity index (χ2v) is 12.2. The lowest BCUT2D eigenvalue weighted by Crippen LogP contribution is -2.19. The van der Waals surface area contributed by atoms with Gasteiger partial charge in [-0.05, 0) is 47.7 Å². The maximum atomic E-state index is 15.4. The van der Waals surface area contributed by atoms with Crippen LogP contribution in [0.25, 0.3) is 11.1 Å². The van der Waals surface area contributed by atoms with Crippen LogP contribution in [0.4, 0.5) is 10.3 Å². The monoisotopic (exact) mass is 521 g/mol. The Kier molecular flexibility index (Phi) is 7.45. The van der Waals surface area contributed by atoms with Crippen molar-refractivity contribution < 1.29 is 12.8 Å². The molecule has 0 aliphatic rings. The quantitative estimate of drug-likeness (QED) is 0.315. The third-order valence-electron chi connectivity index (χ3n) is 5.86. The van der Waals surface area contributed by atoms with Gasteiger partial charge in [0.1, 0.15) is 11.6 Å². The molecule has 37 heavy (non-hydrogen) atoms. The van der Waals surface area contributed by atoms with E-state index in [1.807, 2.05) is 16.8 Å². The van der Waals surface area contributed by atoms with Crippen molar-refractivity contribution in [2.75, 3.05) is 4.72 Å². The van der Waals surface area contributed by atoms with E-state index < -0.39 is 15.8 Å². The van der Waals surface area contributed by atoms with Crippen LogP contribution in [0, 0.1) is 11.7 Å². The molecule has 194 valence electrons. The number of rotatable bonds is 8. The van der Waals surface area contributed by atoms with Crippen molar-refractivity contribution in [2.24, 2.45) is 5.92 Å². The van der Waals surface area contributed by atoms with Gasteiger partial charge in [0, 0.05) is 41.3 Å². The number of nitrogens with zero attached hydrogens (tertiary/aromatic N) is 4. The number of nitrogens with one attached hydrogen (secondary N) is 1. The first kappa shape index (κ1) is 26.5. The zero-order chi connectivity index (χ0) is 26.8. The zero-order valence-electron chi connectivity index (χ0n) is 21.7. The van der Waals surface area contributed by atoms with Crippen LogP contribution in [0.2, 0.25) is 0 Å². The maximum Gasteiger partial charge on any atom is 0.264 e. The minimum absolute atomic E-state index is 0.0313. The van der Waals surface area contributed by atoms with Gasteiger partial charge in [-0.25, -0.2) is 32.5 Å². The van der Waals surface area contributed by atoms with Crippen molar-refractivity contribution >= 4 is 16.0 Å². The van der Waals surface area contributed by atoms with E-state index in [4.69, 9.17) is 0 Å². The average molecular weight is 522 g/mol. The van der Waals surface area contributed by atoms with Gasteiger partial charge in [-0.2, -0.15) is 0 Å². The molecule has 9 heteroatoms. The normalized spacial score (nSPS) is 12.2. The zero-order valence-corrected chi connectivity index (χ0v) is 22.6. The molecule has 0 amide bonds. The summed E-state index contributed by atoms with van der Waals surface area (Å²) in [5.74, 6) is 0.789. The van der Waals surface area contributed by atoms with Crippen molar-refractivity contribution in [3.05, 3.63) is 90.0 Å². The van der Waals surface area contributed by atoms with Gasteiger partial charge >= 0.3 is 0 Å². The number of imidazole rings is 1. The predicted octanol–water partition coefficient (Wildman–Crippen LogP) is 5.82. The second kappa shape index (κ2) is 10.4. The molecule has 7 nitrogen and oxygen atoms in total. The molecule has 0 aliphatic carbocycles. The number of sulfonamides is 1. The number of halogens is 1. The van der Waals surface area contributed by atoms with E-state index in [1.54, 1.807) is 36.5 Å². The Morgan fingerprint density at radius 2 is 1.73 bits per heavy atom. The Hall–Kier alpha value is -3.59. The summed E-state index contributed by atoms with van der Waals surface area (Å²) in [5.41, 5.74) is 2.17. The number of benzene rings is 2. The Morgan fingerprint density at radius 1 is 1.00 bits per heavy atom. The van der Waals surface area contributed by atoms with Crippen LogP contribution in [0.5, 0.6) is 0 Å². The van der Waals surface area contributed by atoms with Gasteiger partial charge in [-0.3, -0.25) is 0 Å². The topological polar surface area (TPSA) is 89.8 Å². The van der Waals surface area contributed by atoms with Crippen LogP contribution in [0.3, 0.4) is 0 Å². The lowest BCUT2D eigenvalue weighted by molar-refractivity contribution is 0.505. The van der Waals surface area contributed by atoms with Gasteiger partial charge in [0.2, 0.25) is 5.95 Å². The van der Waals surface area contributed by atoms with Crippen LogP contribution in [0.1, 0.15) is 51.6 Å². The molecule has 2 aromatic carbocycles. The fraction of sp³-hybridized carbons (Fsp3) is 0.321. The highest BCUT2D eigenvalue weighted by molar-refractivity contribution is 7.92. The molecule has 1 N–H and O–H groups in total. The molecule has 2 heterocycles. The first-order chi connectivity index (χ1) is 17.4. The molecule has 0 bridgehead atoms. The molecule has 0 saturated heterocycles. The van der Waals surface area contributed by atoms with Gasteiger partial charge in [-0.15, -0.1) is 0 Å². The minimum atomic E-state index is -4.03. The minimum Gasteiger partial charge on any atom is -0.330 e. The largest absolute Gasteiger partial charge is 0.330 e. The molecule has 0 saturated carbocycles. The SMILES string of the molecule is CC(C)Cc1ccc(S(=O)(=O)Nc2ncccn2)c(-c2ccc(Cn3ccnc3C(C)(C)C)c(F)c2)c1. The molecule has 0 atom stereocenters. The molecule has 0 aliphatic heterocycles. The third kappa shape index (κ3) is 6.22. The summed E-state index contributed by atoms with van der Waals surface area (Å²) in [6.07, 6.45) is 7.23. The van der Waals surface area contributed by atoms with Crippen molar-refractivity contribution in [3.8, 4) is 11.1 Å². The maximum absolute atomic E-state index is 15.4. The fourth-order valence-electron chi connectivity index (χ4n) is 4.27. The highest BCUT2D eigenvalue weighted by atomic mass is 32.2. The molecule has 0 spiro atoms. The van der Waals surface area contributed by atoms with Crippen LogP contribution in [-0.4, -0.2) is 27.9 Å². The van der Waals surface area contributed by atoms with Crippen LogP contribution in [0.15, 0.2) is 72.1 Å². The summed E-state index contributed by atoms with van der Waals surface area (Å²) in [7, 11) is -4.03. The van der Waals surface area contributed by atoms with Crippen molar-refractivity contribution in [2.45, 2.75) is 57.9 Å². The van der Waals surface area contributed by atoms with E-state index in [0.717, 1.165) is 17.8 Å². The van der Waals surface area contributed by atoms with Crippen molar-refractivity contribution in [3.63, 3.8) is 0 Å². The molecular weight excluding hydrogens is 489 g/mol. The fourth-order valence-corrected chi connectivity index (χ4v) is 5.44. The van der Waals surface area contributed by atoms with Gasteiger partial charge in [0.15, 0.2) is 0 Å². The van der Waals surface area contributed by atoms with Gasteiger partial charge < -0.3 is 4.57 Å². The Balaban J connectivity index is 1.74. The van der Waals surface area contributed by atoms with E-state index in [2.05, 4.69) is 54.3 Å². The van der Waals surface area contributed by atoms with Gasteiger partial charge in [-0.1, -0.05) is 52.8 Å². The Morgan fingerprint density at radius 3 is 2.38 bits per heavy atom. The molecule has 0 fully saturated rings. The van der Waals surface area contributed by atoms with Crippen molar-refractivity contribution in [1.82, 2.24) is 19.5 Å². The highest BCUT2D eigenvalue weighted by Crippen LogP contribution is 2.32. The average Bonchev–Trinajstić information content (AvgIpc) is 3.29. The van der Waals surface area contributed by atoms with Crippen LogP contribution < -0.4 is 4.72 Å². The predicted molar refractivity (Wildman–Crippen MR) is 143 cm³/mol. The second-order valence-electron chi connectivity index (χ2n) is 10.5. The van der Waals surface area contributed by atoms with E-state index in [0.29, 0.717) is 29.2 Å². The van der Waals surface area contributed by atoms with E-state index in [9.17, 15) is 8.42 Å². The summed E-state index contributed by atoms with van der Waals surface area (Å²) in [4.78, 5) is 12.4. The summed E-state index contributed by atoms with van der Waals surface area (Å²) in [5, 5.41) is 0. The number of hydrogen-bond donors (Lipinski definition) is 1. The molecule has 2 aromatic heterocycles.